The summed E-state index contributed by atoms with van der Waals surface area (Å²) in [6.45, 7) is 12.1. The number of para-hydroxylation sites is 1. The first-order chi connectivity index (χ1) is 15.7. The number of allylic oxidation sites excluding steroid dienone is 9. The molecule has 0 spiro atoms. The van der Waals surface area contributed by atoms with E-state index >= 15 is 12.6 Å². The third-order valence-corrected chi connectivity index (χ3v) is 10.1. The fourth-order valence-electron chi connectivity index (χ4n) is 2.19. The zero-order valence-electron chi connectivity index (χ0n) is 17.7. The van der Waals surface area contributed by atoms with Crippen LogP contribution in [-0.4, -0.2) is 0 Å². The summed E-state index contributed by atoms with van der Waals surface area (Å²) < 4.78 is 73.1. The van der Waals surface area contributed by atoms with E-state index in [1.165, 1.54) is 66.8 Å². The second kappa shape index (κ2) is 11.9. The van der Waals surface area contributed by atoms with E-state index in [4.69, 9.17) is 13.6 Å². The highest BCUT2D eigenvalue weighted by Crippen LogP contribution is 2.81. The van der Waals surface area contributed by atoms with Gasteiger partial charge in [0, 0.05) is 0 Å². The van der Waals surface area contributed by atoms with Crippen LogP contribution in [0.4, 0.5) is 12.6 Å². The van der Waals surface area contributed by atoms with Crippen molar-refractivity contribution in [1.29, 1.82) is 0 Å². The molecule has 0 saturated carbocycles. The zero-order valence-corrected chi connectivity index (χ0v) is 20.4. The zero-order chi connectivity index (χ0) is 24.4. The van der Waals surface area contributed by atoms with E-state index in [1.807, 2.05) is 0 Å². The van der Waals surface area contributed by atoms with Crippen molar-refractivity contribution >= 4 is 23.2 Å². The lowest BCUT2D eigenvalue weighted by molar-refractivity contribution is 0.431. The van der Waals surface area contributed by atoms with Crippen molar-refractivity contribution in [2.75, 3.05) is 0 Å². The van der Waals surface area contributed by atoms with E-state index in [0.29, 0.717) is 0 Å². The van der Waals surface area contributed by atoms with Crippen molar-refractivity contribution in [3.63, 3.8) is 0 Å². The second-order valence-electron chi connectivity index (χ2n) is 5.96. The summed E-state index contributed by atoms with van der Waals surface area (Å²) in [7, 11) is -14.9. The highest BCUT2D eigenvalue weighted by molar-refractivity contribution is 7.78. The summed E-state index contributed by atoms with van der Waals surface area (Å²) in [6.07, 6.45) is 12.3. The third-order valence-electron chi connectivity index (χ3n) is 3.43. The van der Waals surface area contributed by atoms with Crippen LogP contribution in [0.5, 0.6) is 5.75 Å². The van der Waals surface area contributed by atoms with Crippen molar-refractivity contribution in [3.8, 4) is 5.75 Å². The van der Waals surface area contributed by atoms with Crippen LogP contribution >= 0.6 is 23.2 Å². The van der Waals surface area contributed by atoms with E-state index in [2.05, 4.69) is 33.3 Å². The molecule has 3 unspecified atom stereocenters. The lowest BCUT2D eigenvalue weighted by Gasteiger charge is -2.24. The Morgan fingerprint density at radius 3 is 1.85 bits per heavy atom. The molecule has 0 fully saturated rings. The minimum absolute atomic E-state index is 0.0212. The van der Waals surface area contributed by atoms with Crippen LogP contribution in [0, 0.1) is 0 Å². The Labute approximate surface area is 192 Å². The highest BCUT2D eigenvalue weighted by Gasteiger charge is 2.44. The van der Waals surface area contributed by atoms with Gasteiger partial charge < -0.3 is 13.6 Å². The van der Waals surface area contributed by atoms with Crippen molar-refractivity contribution in [2.45, 2.75) is 6.92 Å². The van der Waals surface area contributed by atoms with Crippen LogP contribution in [0.2, 0.25) is 0 Å². The molecule has 1 heterocycles. The van der Waals surface area contributed by atoms with Gasteiger partial charge in [0.05, 0.1) is 0 Å². The predicted molar refractivity (Wildman–Crippen MR) is 131 cm³/mol. The molecule has 3 atom stereocenters. The molecule has 0 aromatic heterocycles. The Morgan fingerprint density at radius 1 is 0.788 bits per heavy atom. The van der Waals surface area contributed by atoms with Crippen LogP contribution < -0.4 is 4.52 Å². The van der Waals surface area contributed by atoms with Crippen molar-refractivity contribution in [1.82, 2.24) is 0 Å². The fourth-order valence-corrected chi connectivity index (χ4v) is 8.94. The Morgan fingerprint density at radius 2 is 1.30 bits per heavy atom. The van der Waals surface area contributed by atoms with Gasteiger partial charge in [-0.1, -0.05) is 68.3 Å². The topological polar surface area (TPSA) is 64.8 Å². The van der Waals surface area contributed by atoms with Crippen LogP contribution in [0.1, 0.15) is 6.92 Å². The Kier molecular flexibility index (Phi) is 9.60. The summed E-state index contributed by atoms with van der Waals surface area (Å²) in [4.78, 5) is 0. The van der Waals surface area contributed by atoms with E-state index < -0.39 is 23.2 Å². The predicted octanol–water partition coefficient (Wildman–Crippen LogP) is 10.3. The SMILES string of the molecule is C=C/C=C\C(=C/C=C)OP1(F)=NP(F)(OC(/C=C\C=C)=C/C)=NP(F)(Oc2ccccc2)=N1. The molecule has 0 radical (unpaired) electrons. The van der Waals surface area contributed by atoms with Crippen LogP contribution in [-0.2, 0) is 9.05 Å². The number of halogens is 3. The molecule has 176 valence electrons. The normalized spacial score (nSPS) is 27.8. The molecule has 0 amide bonds. The minimum Gasteiger partial charge on any atom is -0.419 e. The molecule has 0 N–H and O–H groups in total. The van der Waals surface area contributed by atoms with Crippen LogP contribution in [0.3, 0.4) is 0 Å². The summed E-state index contributed by atoms with van der Waals surface area (Å²) in [5, 5.41) is 0. The third kappa shape index (κ3) is 8.29. The van der Waals surface area contributed by atoms with Gasteiger partial charge in [-0.2, -0.15) is 0 Å². The standard InChI is InChI=1S/C21H23F3N3O3P3/c1-5-9-15-19(8-4)28-31(22)25-32(23,29-20(14-7-3)16-10-6-2)27-33(24,26-31)30-21-17-12-11-13-18-21/h5-18H,1-3H2,4H3/b15-9-,16-10-,19-8+,20-14+. The summed E-state index contributed by atoms with van der Waals surface area (Å²) in [6, 6.07) is 7.57. The van der Waals surface area contributed by atoms with Gasteiger partial charge in [0.15, 0.2) is 0 Å². The molecule has 1 aliphatic rings. The molecule has 0 aliphatic carbocycles. The molecule has 0 bridgehead atoms. The second-order valence-corrected chi connectivity index (χ2v) is 11.5. The van der Waals surface area contributed by atoms with Crippen molar-refractivity contribution in [2.24, 2.45) is 13.5 Å². The molecule has 33 heavy (non-hydrogen) atoms. The number of nitrogens with zero attached hydrogens (tertiary/aromatic N) is 3. The van der Waals surface area contributed by atoms with Gasteiger partial charge in [-0.15, -0.1) is 26.1 Å². The number of hydrogen-bond donors (Lipinski definition) is 0. The van der Waals surface area contributed by atoms with Gasteiger partial charge in [-0.05, 0) is 43.4 Å². The van der Waals surface area contributed by atoms with E-state index in [0.717, 1.165) is 0 Å². The van der Waals surface area contributed by atoms with Crippen molar-refractivity contribution in [3.05, 3.63) is 116 Å². The molecule has 6 nitrogen and oxygen atoms in total. The van der Waals surface area contributed by atoms with Crippen molar-refractivity contribution < 1.29 is 26.2 Å². The average molecular weight is 515 g/mol. The maximum Gasteiger partial charge on any atom is 0.443 e. The Hall–Kier alpha value is -2.72. The van der Waals surface area contributed by atoms with Gasteiger partial charge in [0.2, 0.25) is 0 Å². The molecule has 12 heteroatoms. The summed E-state index contributed by atoms with van der Waals surface area (Å²) >= 11 is 0. The first kappa shape index (κ1) is 26.5. The molecule has 2 rings (SSSR count). The minimum atomic E-state index is -4.98. The maximum absolute atomic E-state index is 15.8. The maximum atomic E-state index is 15.8. The largest absolute Gasteiger partial charge is 0.443 e. The monoisotopic (exact) mass is 515 g/mol. The smallest absolute Gasteiger partial charge is 0.419 e. The molecular weight excluding hydrogens is 492 g/mol. The van der Waals surface area contributed by atoms with Gasteiger partial charge >= 0.3 is 23.2 Å². The first-order valence-electron chi connectivity index (χ1n) is 9.40. The van der Waals surface area contributed by atoms with E-state index in [1.54, 1.807) is 25.1 Å². The van der Waals surface area contributed by atoms with Gasteiger partial charge in [0.25, 0.3) is 0 Å². The molecule has 1 aliphatic heterocycles. The average Bonchev–Trinajstić information content (AvgIpc) is 2.74. The molecular formula is C21H23F3N3O3P3. The fraction of sp³-hybridized carbons (Fsp3) is 0.0476. The highest BCUT2D eigenvalue weighted by atomic mass is 31.3. The quantitative estimate of drug-likeness (QED) is 0.167. The lowest BCUT2D eigenvalue weighted by atomic mass is 10.3. The molecule has 0 saturated heterocycles. The summed E-state index contributed by atoms with van der Waals surface area (Å²) in [5.74, 6) is -0.218. The Balaban J connectivity index is 2.65. The lowest BCUT2D eigenvalue weighted by Crippen LogP contribution is -1.94. The Bertz CT molecular complexity index is 1190. The van der Waals surface area contributed by atoms with Gasteiger partial charge in [-0.25, -0.2) is 0 Å². The van der Waals surface area contributed by atoms with E-state index in [-0.39, 0.29) is 17.3 Å². The number of benzene rings is 1. The van der Waals surface area contributed by atoms with Crippen LogP contribution in [0.25, 0.3) is 0 Å². The molecule has 1 aromatic rings. The van der Waals surface area contributed by atoms with Gasteiger partial charge in [0.1, 0.15) is 17.3 Å². The van der Waals surface area contributed by atoms with Crippen LogP contribution in [0.15, 0.2) is 130 Å². The number of hydrogen-bond acceptors (Lipinski definition) is 6. The molecule has 1 aromatic carbocycles. The van der Waals surface area contributed by atoms with E-state index in [9.17, 15) is 0 Å². The first-order valence-corrected chi connectivity index (χ1v) is 13.9. The van der Waals surface area contributed by atoms with Gasteiger partial charge in [-0.3, -0.25) is 0 Å². The summed E-state index contributed by atoms with van der Waals surface area (Å²) in [5.41, 5.74) is 0. The number of rotatable bonds is 11.